The first-order chi connectivity index (χ1) is 8.06. The van der Waals surface area contributed by atoms with Crippen LogP contribution in [0.2, 0.25) is 0 Å². The Balaban J connectivity index is 3.16. The molecule has 4 heteroatoms. The van der Waals surface area contributed by atoms with Crippen molar-refractivity contribution in [2.75, 3.05) is 27.4 Å². The Hall–Kier alpha value is -1.26. The van der Waals surface area contributed by atoms with Crippen LogP contribution in [-0.4, -0.2) is 27.4 Å². The Bertz CT molecular complexity index is 341. The van der Waals surface area contributed by atoms with Gasteiger partial charge in [0.2, 0.25) is 0 Å². The van der Waals surface area contributed by atoms with Crippen LogP contribution in [0.4, 0.5) is 0 Å². The maximum atomic E-state index is 6.29. The van der Waals surface area contributed by atoms with E-state index < -0.39 is 5.54 Å². The summed E-state index contributed by atoms with van der Waals surface area (Å²) in [5, 5.41) is 0. The molecule has 0 fully saturated rings. The van der Waals surface area contributed by atoms with Gasteiger partial charge in [-0.1, -0.05) is 6.07 Å². The fraction of sp³-hybridized carbons (Fsp3) is 0.538. The molecule has 0 aromatic heterocycles. The van der Waals surface area contributed by atoms with Gasteiger partial charge in [0.05, 0.1) is 31.9 Å². The van der Waals surface area contributed by atoms with Gasteiger partial charge in [0.15, 0.2) is 0 Å². The van der Waals surface area contributed by atoms with Crippen molar-refractivity contribution < 1.29 is 14.2 Å². The summed E-state index contributed by atoms with van der Waals surface area (Å²) in [6.45, 7) is 4.89. The smallest absolute Gasteiger partial charge is 0.127 e. The van der Waals surface area contributed by atoms with Crippen LogP contribution in [0.5, 0.6) is 11.5 Å². The van der Waals surface area contributed by atoms with Crippen molar-refractivity contribution in [2.45, 2.75) is 19.4 Å². The maximum absolute atomic E-state index is 6.29. The van der Waals surface area contributed by atoms with Gasteiger partial charge in [0.25, 0.3) is 0 Å². The van der Waals surface area contributed by atoms with Gasteiger partial charge >= 0.3 is 0 Å². The van der Waals surface area contributed by atoms with Gasteiger partial charge in [-0.3, -0.25) is 0 Å². The lowest BCUT2D eigenvalue weighted by Crippen LogP contribution is -2.39. The summed E-state index contributed by atoms with van der Waals surface area (Å²) >= 11 is 0. The van der Waals surface area contributed by atoms with Crippen LogP contribution in [0.25, 0.3) is 0 Å². The van der Waals surface area contributed by atoms with E-state index >= 15 is 0 Å². The molecule has 1 aromatic rings. The first-order valence-electron chi connectivity index (χ1n) is 5.65. The van der Waals surface area contributed by atoms with Crippen LogP contribution in [0.1, 0.15) is 19.4 Å². The zero-order valence-corrected chi connectivity index (χ0v) is 10.9. The lowest BCUT2D eigenvalue weighted by Gasteiger charge is -2.28. The number of ether oxygens (including phenoxy) is 3. The molecule has 96 valence electrons. The average molecular weight is 239 g/mol. The van der Waals surface area contributed by atoms with Crippen LogP contribution >= 0.6 is 0 Å². The van der Waals surface area contributed by atoms with E-state index in [4.69, 9.17) is 19.9 Å². The Morgan fingerprint density at radius 3 is 2.12 bits per heavy atom. The molecule has 0 aliphatic heterocycles. The molecule has 0 bridgehead atoms. The molecule has 1 unspecified atom stereocenters. The minimum absolute atomic E-state index is 0.417. The first kappa shape index (κ1) is 13.8. The lowest BCUT2D eigenvalue weighted by molar-refractivity contribution is 0.0984. The first-order valence-corrected chi connectivity index (χ1v) is 5.65. The SMILES string of the molecule is CCOCC(C)(N)c1c(OC)cccc1OC. The van der Waals surface area contributed by atoms with E-state index in [0.717, 1.165) is 5.56 Å². The van der Waals surface area contributed by atoms with E-state index in [9.17, 15) is 0 Å². The maximum Gasteiger partial charge on any atom is 0.127 e. The minimum atomic E-state index is -0.645. The van der Waals surface area contributed by atoms with Crippen molar-refractivity contribution in [3.63, 3.8) is 0 Å². The molecule has 0 heterocycles. The van der Waals surface area contributed by atoms with Crippen molar-refractivity contribution in [2.24, 2.45) is 5.73 Å². The van der Waals surface area contributed by atoms with E-state index in [2.05, 4.69) is 0 Å². The van der Waals surface area contributed by atoms with E-state index in [1.165, 1.54) is 0 Å². The zero-order chi connectivity index (χ0) is 12.9. The largest absolute Gasteiger partial charge is 0.496 e. The Morgan fingerprint density at radius 1 is 1.18 bits per heavy atom. The predicted octanol–water partition coefficient (Wildman–Crippen LogP) is 1.91. The van der Waals surface area contributed by atoms with Gasteiger partial charge in [-0.2, -0.15) is 0 Å². The minimum Gasteiger partial charge on any atom is -0.496 e. The molecule has 0 spiro atoms. The molecule has 0 radical (unpaired) electrons. The molecule has 0 amide bonds. The van der Waals surface area contributed by atoms with Crippen LogP contribution in [0.3, 0.4) is 0 Å². The molecule has 4 nitrogen and oxygen atoms in total. The van der Waals surface area contributed by atoms with Gasteiger partial charge in [-0.15, -0.1) is 0 Å². The van der Waals surface area contributed by atoms with Crippen molar-refractivity contribution in [3.05, 3.63) is 23.8 Å². The molecule has 0 saturated heterocycles. The van der Waals surface area contributed by atoms with Gasteiger partial charge in [0, 0.05) is 6.61 Å². The van der Waals surface area contributed by atoms with E-state index in [1.54, 1.807) is 14.2 Å². The van der Waals surface area contributed by atoms with Gasteiger partial charge in [-0.05, 0) is 26.0 Å². The van der Waals surface area contributed by atoms with Crippen LogP contribution in [-0.2, 0) is 10.3 Å². The van der Waals surface area contributed by atoms with Crippen molar-refractivity contribution in [1.82, 2.24) is 0 Å². The third-order valence-corrected chi connectivity index (χ3v) is 2.60. The third kappa shape index (κ3) is 3.11. The second-order valence-electron chi connectivity index (χ2n) is 4.09. The summed E-state index contributed by atoms with van der Waals surface area (Å²) in [5.41, 5.74) is 6.48. The molecule has 2 N–H and O–H groups in total. The summed E-state index contributed by atoms with van der Waals surface area (Å²) in [4.78, 5) is 0. The van der Waals surface area contributed by atoms with Gasteiger partial charge in [-0.25, -0.2) is 0 Å². The molecule has 1 aromatic carbocycles. The molecule has 0 aliphatic rings. The summed E-state index contributed by atoms with van der Waals surface area (Å²) in [6, 6.07) is 5.61. The highest BCUT2D eigenvalue weighted by atomic mass is 16.5. The number of hydrogen-bond donors (Lipinski definition) is 1. The Kier molecular flexibility index (Phi) is 4.78. The molecule has 1 atom stereocenters. The van der Waals surface area contributed by atoms with Crippen molar-refractivity contribution >= 4 is 0 Å². The molecule has 1 rings (SSSR count). The third-order valence-electron chi connectivity index (χ3n) is 2.60. The molecule has 17 heavy (non-hydrogen) atoms. The van der Waals surface area contributed by atoms with Crippen LogP contribution in [0, 0.1) is 0 Å². The fourth-order valence-electron chi connectivity index (χ4n) is 1.80. The zero-order valence-electron chi connectivity index (χ0n) is 10.9. The Labute approximate surface area is 103 Å². The van der Waals surface area contributed by atoms with E-state index in [-0.39, 0.29) is 0 Å². The van der Waals surface area contributed by atoms with Crippen molar-refractivity contribution in [3.8, 4) is 11.5 Å². The highest BCUT2D eigenvalue weighted by Crippen LogP contribution is 2.36. The standard InChI is InChI=1S/C13H21NO3/c1-5-17-9-13(2,14)12-10(15-3)7-6-8-11(12)16-4/h6-8H,5,9,14H2,1-4H3. The lowest BCUT2D eigenvalue weighted by atomic mass is 9.92. The van der Waals surface area contributed by atoms with Crippen LogP contribution < -0.4 is 15.2 Å². The highest BCUT2D eigenvalue weighted by molar-refractivity contribution is 5.49. The summed E-state index contributed by atoms with van der Waals surface area (Å²) < 4.78 is 16.1. The average Bonchev–Trinajstić information content (AvgIpc) is 2.35. The molecular formula is C13H21NO3. The van der Waals surface area contributed by atoms with E-state index in [0.29, 0.717) is 24.7 Å². The monoisotopic (exact) mass is 239 g/mol. The predicted molar refractivity (Wildman–Crippen MR) is 67.6 cm³/mol. The highest BCUT2D eigenvalue weighted by Gasteiger charge is 2.29. The Morgan fingerprint density at radius 2 is 1.71 bits per heavy atom. The molecular weight excluding hydrogens is 218 g/mol. The summed E-state index contributed by atoms with van der Waals surface area (Å²) in [6.07, 6.45) is 0. The number of rotatable bonds is 6. The normalized spacial score (nSPS) is 14.2. The quantitative estimate of drug-likeness (QED) is 0.824. The van der Waals surface area contributed by atoms with Crippen molar-refractivity contribution in [1.29, 1.82) is 0 Å². The number of methoxy groups -OCH3 is 2. The van der Waals surface area contributed by atoms with Gasteiger partial charge < -0.3 is 19.9 Å². The number of hydrogen-bond acceptors (Lipinski definition) is 4. The van der Waals surface area contributed by atoms with Gasteiger partial charge in [0.1, 0.15) is 11.5 Å². The summed E-state index contributed by atoms with van der Waals surface area (Å²) in [5.74, 6) is 1.43. The number of nitrogens with two attached hydrogens (primary N) is 1. The second-order valence-corrected chi connectivity index (χ2v) is 4.09. The fourth-order valence-corrected chi connectivity index (χ4v) is 1.80. The molecule has 0 aliphatic carbocycles. The van der Waals surface area contributed by atoms with Crippen LogP contribution in [0.15, 0.2) is 18.2 Å². The van der Waals surface area contributed by atoms with E-state index in [1.807, 2.05) is 32.0 Å². The topological polar surface area (TPSA) is 53.7 Å². The summed E-state index contributed by atoms with van der Waals surface area (Å²) in [7, 11) is 3.24. The second kappa shape index (κ2) is 5.89. The number of benzene rings is 1. The molecule has 0 saturated carbocycles.